The van der Waals surface area contributed by atoms with Gasteiger partial charge in [-0.1, -0.05) is 17.7 Å². The van der Waals surface area contributed by atoms with Crippen molar-refractivity contribution in [1.82, 2.24) is 5.32 Å². The molecule has 1 aliphatic rings. The van der Waals surface area contributed by atoms with E-state index < -0.39 is 17.8 Å². The average molecular weight is 266 g/mol. The predicted molar refractivity (Wildman–Crippen MR) is 58.0 cm³/mol. The molecule has 1 saturated heterocycles. The van der Waals surface area contributed by atoms with Crippen molar-refractivity contribution in [3.05, 3.63) is 34.3 Å². The quantitative estimate of drug-likeness (QED) is 0.843. The third-order valence-corrected chi connectivity index (χ3v) is 2.85. The Morgan fingerprint density at radius 1 is 1.35 bits per heavy atom. The fraction of sp³-hybridized carbons (Fsp3) is 0.455. The van der Waals surface area contributed by atoms with Crippen LogP contribution in [0.3, 0.4) is 0 Å². The molecule has 0 unspecified atom stereocenters. The Morgan fingerprint density at radius 3 is 2.71 bits per heavy atom. The minimum absolute atomic E-state index is 0.0813. The topological polar surface area (TPSA) is 21.3 Å². The predicted octanol–water partition coefficient (Wildman–Crippen LogP) is 3.02. The van der Waals surface area contributed by atoms with Crippen molar-refractivity contribution in [2.45, 2.75) is 12.2 Å². The first-order valence-electron chi connectivity index (χ1n) is 5.16. The zero-order valence-electron chi connectivity index (χ0n) is 8.85. The van der Waals surface area contributed by atoms with Gasteiger partial charge in [-0.3, -0.25) is 0 Å². The second-order valence-corrected chi connectivity index (χ2v) is 4.25. The van der Waals surface area contributed by atoms with Crippen molar-refractivity contribution in [3.63, 3.8) is 0 Å². The molecule has 0 amide bonds. The fourth-order valence-electron chi connectivity index (χ4n) is 1.84. The highest BCUT2D eigenvalue weighted by Crippen LogP contribution is 2.36. The molecule has 1 fully saturated rings. The number of benzene rings is 1. The van der Waals surface area contributed by atoms with Crippen LogP contribution in [0, 0.1) is 0 Å². The van der Waals surface area contributed by atoms with Crippen LogP contribution in [0.5, 0.6) is 0 Å². The van der Waals surface area contributed by atoms with Gasteiger partial charge < -0.3 is 10.1 Å². The van der Waals surface area contributed by atoms with Gasteiger partial charge in [0.2, 0.25) is 0 Å². The van der Waals surface area contributed by atoms with E-state index in [0.717, 1.165) is 6.07 Å². The van der Waals surface area contributed by atoms with Gasteiger partial charge in [0.05, 0.1) is 24.8 Å². The monoisotopic (exact) mass is 265 g/mol. The van der Waals surface area contributed by atoms with Crippen molar-refractivity contribution in [2.24, 2.45) is 0 Å². The Labute approximate surface area is 102 Å². The zero-order valence-corrected chi connectivity index (χ0v) is 9.61. The summed E-state index contributed by atoms with van der Waals surface area (Å²) in [7, 11) is 0. The summed E-state index contributed by atoms with van der Waals surface area (Å²) in [5, 5.41) is 3.08. The van der Waals surface area contributed by atoms with E-state index in [1.54, 1.807) is 0 Å². The molecular formula is C11H11ClF3NO. The molecule has 1 aliphatic heterocycles. The average Bonchev–Trinajstić information content (AvgIpc) is 2.29. The van der Waals surface area contributed by atoms with Crippen molar-refractivity contribution >= 4 is 11.6 Å². The maximum Gasteiger partial charge on any atom is 0.416 e. The van der Waals surface area contributed by atoms with Gasteiger partial charge in [-0.15, -0.1) is 0 Å². The third kappa shape index (κ3) is 2.91. The van der Waals surface area contributed by atoms with E-state index in [9.17, 15) is 13.2 Å². The Kier molecular flexibility index (Phi) is 3.61. The molecule has 0 aliphatic carbocycles. The second kappa shape index (κ2) is 4.84. The van der Waals surface area contributed by atoms with Crippen LogP contribution < -0.4 is 5.32 Å². The molecule has 1 aromatic carbocycles. The highest BCUT2D eigenvalue weighted by atomic mass is 35.5. The van der Waals surface area contributed by atoms with Crippen LogP contribution in [0.15, 0.2) is 18.2 Å². The molecule has 1 N–H and O–H groups in total. The summed E-state index contributed by atoms with van der Waals surface area (Å²) >= 11 is 5.61. The van der Waals surface area contributed by atoms with E-state index >= 15 is 0 Å². The molecule has 0 radical (unpaired) electrons. The lowest BCUT2D eigenvalue weighted by atomic mass is 9.99. The largest absolute Gasteiger partial charge is 0.416 e. The summed E-state index contributed by atoms with van der Waals surface area (Å²) < 4.78 is 43.7. The van der Waals surface area contributed by atoms with Crippen LogP contribution >= 0.6 is 11.6 Å². The number of halogens is 4. The molecule has 17 heavy (non-hydrogen) atoms. The number of hydrogen-bond donors (Lipinski definition) is 1. The highest BCUT2D eigenvalue weighted by Gasteiger charge is 2.35. The molecule has 1 aromatic rings. The van der Waals surface area contributed by atoms with Crippen LogP contribution in [0.1, 0.15) is 17.2 Å². The van der Waals surface area contributed by atoms with E-state index in [2.05, 4.69) is 5.32 Å². The summed E-state index contributed by atoms with van der Waals surface area (Å²) in [6.45, 7) is 1.31. The van der Waals surface area contributed by atoms with E-state index in [0.29, 0.717) is 13.2 Å². The summed E-state index contributed by atoms with van der Waals surface area (Å²) in [6, 6.07) is 3.38. The second-order valence-electron chi connectivity index (χ2n) is 3.81. The summed E-state index contributed by atoms with van der Waals surface area (Å²) in [6.07, 6.45) is -4.40. The van der Waals surface area contributed by atoms with Gasteiger partial charge >= 0.3 is 6.18 Å². The fourth-order valence-corrected chi connectivity index (χ4v) is 2.02. The number of rotatable bonds is 1. The van der Waals surface area contributed by atoms with Gasteiger partial charge in [-0.25, -0.2) is 0 Å². The van der Waals surface area contributed by atoms with E-state index in [1.807, 2.05) is 0 Å². The van der Waals surface area contributed by atoms with Gasteiger partial charge in [0.25, 0.3) is 0 Å². The van der Waals surface area contributed by atoms with E-state index in [4.69, 9.17) is 16.3 Å². The maximum absolute atomic E-state index is 12.9. The number of morpholine rings is 1. The van der Waals surface area contributed by atoms with Crippen molar-refractivity contribution < 1.29 is 17.9 Å². The molecule has 0 bridgehead atoms. The first kappa shape index (κ1) is 12.7. The lowest BCUT2D eigenvalue weighted by molar-refractivity contribution is -0.138. The van der Waals surface area contributed by atoms with Crippen LogP contribution in [0.2, 0.25) is 5.02 Å². The van der Waals surface area contributed by atoms with E-state index in [1.165, 1.54) is 12.1 Å². The Balaban J connectivity index is 2.38. The van der Waals surface area contributed by atoms with Crippen LogP contribution in [0.4, 0.5) is 13.2 Å². The molecular weight excluding hydrogens is 255 g/mol. The first-order valence-corrected chi connectivity index (χ1v) is 5.54. The smallest absolute Gasteiger partial charge is 0.378 e. The summed E-state index contributed by atoms with van der Waals surface area (Å²) in [5.74, 6) is 0. The minimum atomic E-state index is -4.40. The number of hydrogen-bond acceptors (Lipinski definition) is 2. The molecule has 2 nitrogen and oxygen atoms in total. The minimum Gasteiger partial charge on any atom is -0.378 e. The molecule has 1 atom stereocenters. The normalized spacial score (nSPS) is 21.5. The SMILES string of the molecule is FC(F)(F)c1cc(Cl)ccc1[C@H]1COCCN1. The van der Waals surface area contributed by atoms with Crippen molar-refractivity contribution in [3.8, 4) is 0 Å². The first-order chi connectivity index (χ1) is 7.98. The van der Waals surface area contributed by atoms with Crippen molar-refractivity contribution in [1.29, 1.82) is 0 Å². The number of nitrogens with one attached hydrogen (secondary N) is 1. The van der Waals surface area contributed by atoms with Crippen molar-refractivity contribution in [2.75, 3.05) is 19.8 Å². The zero-order chi connectivity index (χ0) is 12.5. The lowest BCUT2D eigenvalue weighted by Gasteiger charge is -2.26. The maximum atomic E-state index is 12.9. The van der Waals surface area contributed by atoms with Gasteiger partial charge in [-0.2, -0.15) is 13.2 Å². The lowest BCUT2D eigenvalue weighted by Crippen LogP contribution is -2.35. The number of ether oxygens (including phenoxy) is 1. The summed E-state index contributed by atoms with van der Waals surface area (Å²) in [4.78, 5) is 0. The number of alkyl halides is 3. The van der Waals surface area contributed by atoms with E-state index in [-0.39, 0.29) is 17.2 Å². The molecule has 0 aromatic heterocycles. The highest BCUT2D eigenvalue weighted by molar-refractivity contribution is 6.30. The van der Waals surface area contributed by atoms with Gasteiger partial charge in [0.1, 0.15) is 0 Å². The third-order valence-electron chi connectivity index (χ3n) is 2.62. The molecule has 94 valence electrons. The molecule has 0 spiro atoms. The molecule has 1 heterocycles. The van der Waals surface area contributed by atoms with Crippen LogP contribution in [-0.4, -0.2) is 19.8 Å². The van der Waals surface area contributed by atoms with Gasteiger partial charge in [-0.05, 0) is 17.7 Å². The standard InChI is InChI=1S/C11H11ClF3NO/c12-7-1-2-8(9(5-7)11(13,14)15)10-6-17-4-3-16-10/h1-2,5,10,16H,3-4,6H2/t10-/m1/s1. The molecule has 6 heteroatoms. The summed E-state index contributed by atoms with van der Waals surface area (Å²) in [5.41, 5.74) is -0.519. The Bertz CT molecular complexity index is 402. The Morgan fingerprint density at radius 2 is 2.12 bits per heavy atom. The molecule has 2 rings (SSSR count). The molecule has 0 saturated carbocycles. The Hall–Kier alpha value is -0.780. The van der Waals surface area contributed by atoms with Crippen LogP contribution in [0.25, 0.3) is 0 Å². The van der Waals surface area contributed by atoms with Gasteiger partial charge in [0, 0.05) is 11.6 Å². The van der Waals surface area contributed by atoms with Gasteiger partial charge in [0.15, 0.2) is 0 Å². The van der Waals surface area contributed by atoms with Crippen LogP contribution in [-0.2, 0) is 10.9 Å².